The van der Waals surface area contributed by atoms with Crippen LogP contribution in [0.3, 0.4) is 0 Å². The van der Waals surface area contributed by atoms with Gasteiger partial charge in [-0.25, -0.2) is 4.98 Å². The van der Waals surface area contributed by atoms with Gasteiger partial charge in [0.05, 0.1) is 11.6 Å². The minimum absolute atomic E-state index is 0.515. The van der Waals surface area contributed by atoms with Crippen molar-refractivity contribution < 1.29 is 0 Å². The number of hydrogen-bond acceptors (Lipinski definition) is 2. The summed E-state index contributed by atoms with van der Waals surface area (Å²) >= 11 is 11.0. The van der Waals surface area contributed by atoms with Crippen molar-refractivity contribution in [1.29, 1.82) is 0 Å². The Hall–Kier alpha value is -0.380. The molecule has 1 aromatic heterocycles. The summed E-state index contributed by atoms with van der Waals surface area (Å²) in [4.78, 5) is 5.90. The van der Waals surface area contributed by atoms with E-state index in [1.54, 1.807) is 11.3 Å². The standard InChI is InChI=1S/C11H7BrClNS/c12-7-2-1-6-3-9-11(8(6)4-7)14-10(5-13)15-9/h1-2,4H,3,5H2. The first-order chi connectivity index (χ1) is 7.28. The molecule has 0 atom stereocenters. The summed E-state index contributed by atoms with van der Waals surface area (Å²) in [5.74, 6) is 0.515. The highest BCUT2D eigenvalue weighted by molar-refractivity contribution is 9.10. The summed E-state index contributed by atoms with van der Waals surface area (Å²) in [5, 5.41) is 1.02. The highest BCUT2D eigenvalue weighted by atomic mass is 79.9. The number of benzene rings is 1. The molecule has 76 valence electrons. The van der Waals surface area contributed by atoms with E-state index in [9.17, 15) is 0 Å². The number of thiazole rings is 1. The number of hydrogen-bond donors (Lipinski definition) is 0. The molecule has 0 spiro atoms. The van der Waals surface area contributed by atoms with Crippen LogP contribution < -0.4 is 0 Å². The number of alkyl halides is 1. The van der Waals surface area contributed by atoms with Gasteiger partial charge in [0.2, 0.25) is 0 Å². The molecule has 1 aliphatic rings. The van der Waals surface area contributed by atoms with Gasteiger partial charge in [-0.15, -0.1) is 22.9 Å². The van der Waals surface area contributed by atoms with Crippen molar-refractivity contribution in [2.45, 2.75) is 12.3 Å². The van der Waals surface area contributed by atoms with Crippen LogP contribution in [-0.4, -0.2) is 4.98 Å². The van der Waals surface area contributed by atoms with Crippen LogP contribution in [0.15, 0.2) is 22.7 Å². The summed E-state index contributed by atoms with van der Waals surface area (Å²) in [7, 11) is 0. The van der Waals surface area contributed by atoms with Crippen molar-refractivity contribution in [2.24, 2.45) is 0 Å². The van der Waals surface area contributed by atoms with E-state index in [0.717, 1.165) is 21.6 Å². The van der Waals surface area contributed by atoms with Gasteiger partial charge in [-0.2, -0.15) is 0 Å². The second-order valence-corrected chi connectivity index (χ2v) is 5.84. The zero-order valence-electron chi connectivity index (χ0n) is 7.76. The average molecular weight is 301 g/mol. The summed E-state index contributed by atoms with van der Waals surface area (Å²) < 4.78 is 1.11. The summed E-state index contributed by atoms with van der Waals surface area (Å²) in [6.07, 6.45) is 1.01. The second-order valence-electron chi connectivity index (χ2n) is 3.49. The van der Waals surface area contributed by atoms with Crippen molar-refractivity contribution >= 4 is 38.9 Å². The molecule has 1 heterocycles. The van der Waals surface area contributed by atoms with Gasteiger partial charge >= 0.3 is 0 Å². The van der Waals surface area contributed by atoms with Crippen molar-refractivity contribution in [2.75, 3.05) is 0 Å². The monoisotopic (exact) mass is 299 g/mol. The van der Waals surface area contributed by atoms with Gasteiger partial charge in [0.25, 0.3) is 0 Å². The molecule has 0 saturated carbocycles. The summed E-state index contributed by atoms with van der Waals surface area (Å²) in [5.41, 5.74) is 3.76. The minimum atomic E-state index is 0.515. The summed E-state index contributed by atoms with van der Waals surface area (Å²) in [6.45, 7) is 0. The highest BCUT2D eigenvalue weighted by Gasteiger charge is 2.22. The van der Waals surface area contributed by atoms with E-state index >= 15 is 0 Å². The minimum Gasteiger partial charge on any atom is -0.240 e. The molecule has 1 aromatic carbocycles. The second kappa shape index (κ2) is 3.58. The third-order valence-corrected chi connectivity index (χ3v) is 4.49. The van der Waals surface area contributed by atoms with E-state index in [1.165, 1.54) is 16.0 Å². The molecule has 0 amide bonds. The van der Waals surface area contributed by atoms with E-state index in [-0.39, 0.29) is 0 Å². The quantitative estimate of drug-likeness (QED) is 0.613. The molecule has 1 aliphatic carbocycles. The van der Waals surface area contributed by atoms with Crippen LogP contribution in [0.1, 0.15) is 15.4 Å². The number of rotatable bonds is 1. The zero-order chi connectivity index (χ0) is 10.4. The molecule has 15 heavy (non-hydrogen) atoms. The van der Waals surface area contributed by atoms with Crippen molar-refractivity contribution in [1.82, 2.24) is 4.98 Å². The Morgan fingerprint density at radius 3 is 3.13 bits per heavy atom. The Morgan fingerprint density at radius 2 is 2.33 bits per heavy atom. The molecule has 2 aromatic rings. The SMILES string of the molecule is ClCc1nc2c(s1)Cc1ccc(Br)cc1-2. The molecule has 1 nitrogen and oxygen atoms in total. The molecule has 0 bridgehead atoms. The van der Waals surface area contributed by atoms with Gasteiger partial charge in [0.15, 0.2) is 0 Å². The highest BCUT2D eigenvalue weighted by Crippen LogP contribution is 2.40. The number of aromatic nitrogens is 1. The van der Waals surface area contributed by atoms with Crippen LogP contribution in [0.25, 0.3) is 11.3 Å². The van der Waals surface area contributed by atoms with Gasteiger partial charge in [-0.05, 0) is 17.7 Å². The third kappa shape index (κ3) is 1.53. The first kappa shape index (κ1) is 9.82. The van der Waals surface area contributed by atoms with Crippen LogP contribution >= 0.6 is 38.9 Å². The maximum absolute atomic E-state index is 5.79. The molecule has 0 fully saturated rings. The predicted molar refractivity (Wildman–Crippen MR) is 67.6 cm³/mol. The van der Waals surface area contributed by atoms with Gasteiger partial charge < -0.3 is 0 Å². The fourth-order valence-corrected chi connectivity index (χ4v) is 3.42. The van der Waals surface area contributed by atoms with Gasteiger partial charge in [-0.1, -0.05) is 22.0 Å². The van der Waals surface area contributed by atoms with Crippen molar-refractivity contribution in [3.05, 3.63) is 38.1 Å². The van der Waals surface area contributed by atoms with Crippen LogP contribution in [0.4, 0.5) is 0 Å². The van der Waals surface area contributed by atoms with Crippen LogP contribution in [-0.2, 0) is 12.3 Å². The summed E-state index contributed by atoms with van der Waals surface area (Å²) in [6, 6.07) is 6.38. The first-order valence-corrected chi connectivity index (χ1v) is 6.75. The Labute approximate surface area is 105 Å². The molecule has 0 N–H and O–H groups in total. The van der Waals surface area contributed by atoms with Gasteiger partial charge in [0, 0.05) is 21.3 Å². The Kier molecular flexibility index (Phi) is 2.34. The largest absolute Gasteiger partial charge is 0.240 e. The van der Waals surface area contributed by atoms with Crippen molar-refractivity contribution in [3.8, 4) is 11.3 Å². The zero-order valence-corrected chi connectivity index (χ0v) is 10.9. The Morgan fingerprint density at radius 1 is 1.47 bits per heavy atom. The van der Waals surface area contributed by atoms with Crippen LogP contribution in [0, 0.1) is 0 Å². The lowest BCUT2D eigenvalue weighted by molar-refractivity contribution is 1.26. The Bertz CT molecular complexity index is 535. The molecular formula is C11H7BrClNS. The van der Waals surface area contributed by atoms with Crippen LogP contribution in [0.2, 0.25) is 0 Å². The molecule has 0 aliphatic heterocycles. The molecule has 4 heteroatoms. The maximum Gasteiger partial charge on any atom is 0.108 e. The lowest BCUT2D eigenvalue weighted by Crippen LogP contribution is -1.82. The molecular weight excluding hydrogens is 294 g/mol. The molecule has 0 unspecified atom stereocenters. The average Bonchev–Trinajstić information content (AvgIpc) is 2.75. The molecule has 0 saturated heterocycles. The number of nitrogens with zero attached hydrogens (tertiary/aromatic N) is 1. The smallest absolute Gasteiger partial charge is 0.108 e. The van der Waals surface area contributed by atoms with E-state index in [2.05, 4.69) is 39.1 Å². The normalized spacial score (nSPS) is 12.7. The lowest BCUT2D eigenvalue weighted by Gasteiger charge is -1.99. The maximum atomic E-state index is 5.79. The Balaban J connectivity index is 2.19. The topological polar surface area (TPSA) is 12.9 Å². The predicted octanol–water partition coefficient (Wildman–Crippen LogP) is 4.22. The number of fused-ring (bicyclic) bond motifs is 3. The van der Waals surface area contributed by atoms with Crippen LogP contribution in [0.5, 0.6) is 0 Å². The lowest BCUT2D eigenvalue weighted by atomic mass is 10.1. The molecule has 0 radical (unpaired) electrons. The number of halogens is 2. The van der Waals surface area contributed by atoms with E-state index in [1.807, 2.05) is 0 Å². The van der Waals surface area contributed by atoms with Gasteiger partial charge in [0.1, 0.15) is 5.01 Å². The first-order valence-electron chi connectivity index (χ1n) is 4.61. The fraction of sp³-hybridized carbons (Fsp3) is 0.182. The van der Waals surface area contributed by atoms with E-state index < -0.39 is 0 Å². The van der Waals surface area contributed by atoms with Gasteiger partial charge in [-0.3, -0.25) is 0 Å². The third-order valence-electron chi connectivity index (χ3n) is 2.53. The van der Waals surface area contributed by atoms with E-state index in [0.29, 0.717) is 5.88 Å². The molecule has 3 rings (SSSR count). The van der Waals surface area contributed by atoms with Crippen molar-refractivity contribution in [3.63, 3.8) is 0 Å². The fourth-order valence-electron chi connectivity index (χ4n) is 1.88. The van der Waals surface area contributed by atoms with E-state index in [4.69, 9.17) is 11.6 Å².